The highest BCUT2D eigenvalue weighted by Crippen LogP contribution is 2.25. The molecule has 0 bridgehead atoms. The van der Waals surface area contributed by atoms with E-state index in [1.807, 2.05) is 22.9 Å². The van der Waals surface area contributed by atoms with Crippen molar-refractivity contribution in [2.75, 3.05) is 0 Å². The Kier molecular flexibility index (Phi) is 4.05. The van der Waals surface area contributed by atoms with E-state index in [-0.39, 0.29) is 0 Å². The summed E-state index contributed by atoms with van der Waals surface area (Å²) >= 11 is 15.1. The highest BCUT2D eigenvalue weighted by atomic mass is 35.5. The number of hydrogen-bond donors (Lipinski definition) is 0. The zero-order valence-corrected chi connectivity index (χ0v) is 10.8. The van der Waals surface area contributed by atoms with Gasteiger partial charge in [0, 0.05) is 9.75 Å². The molecule has 0 radical (unpaired) electrons. The predicted octanol–water partition coefficient (Wildman–Crippen LogP) is 4.83. The van der Waals surface area contributed by atoms with Crippen LogP contribution in [0, 0.1) is 0 Å². The molecule has 0 saturated heterocycles. The Morgan fingerprint density at radius 3 is 1.73 bits per heavy atom. The van der Waals surface area contributed by atoms with Gasteiger partial charge in [-0.3, -0.25) is 0 Å². The minimum atomic E-state index is 0.546. The molecule has 80 valence electrons. The van der Waals surface area contributed by atoms with Gasteiger partial charge < -0.3 is 4.74 Å². The Morgan fingerprint density at radius 1 is 0.933 bits per heavy atom. The fourth-order valence-electron chi connectivity index (χ4n) is 1.09. The first-order chi connectivity index (χ1) is 7.27. The number of rotatable bonds is 4. The molecule has 1 nitrogen and oxygen atoms in total. The summed E-state index contributed by atoms with van der Waals surface area (Å²) in [6.45, 7) is 1.09. The molecule has 0 amide bonds. The zero-order chi connectivity index (χ0) is 10.7. The number of halogens is 2. The lowest BCUT2D eigenvalue weighted by Gasteiger charge is -2.01. The maximum absolute atomic E-state index is 5.94. The Hall–Kier alpha value is -0.0600. The maximum atomic E-state index is 5.94. The molecule has 2 heterocycles. The van der Waals surface area contributed by atoms with Crippen molar-refractivity contribution >= 4 is 45.9 Å². The van der Waals surface area contributed by atoms with Gasteiger partial charge in [0.15, 0.2) is 0 Å². The van der Waals surface area contributed by atoms with Gasteiger partial charge in [0.1, 0.15) is 0 Å². The van der Waals surface area contributed by atoms with Crippen molar-refractivity contribution in [1.29, 1.82) is 0 Å². The molecule has 2 aromatic rings. The van der Waals surface area contributed by atoms with Gasteiger partial charge in [0.25, 0.3) is 0 Å². The van der Waals surface area contributed by atoms with Gasteiger partial charge in [0.2, 0.25) is 0 Å². The molecule has 2 aromatic heterocycles. The topological polar surface area (TPSA) is 9.23 Å². The van der Waals surface area contributed by atoms with Crippen molar-refractivity contribution < 1.29 is 4.74 Å². The Morgan fingerprint density at radius 2 is 1.40 bits per heavy atom. The minimum Gasteiger partial charge on any atom is -0.370 e. The van der Waals surface area contributed by atoms with E-state index in [0.29, 0.717) is 13.2 Å². The molecular weight excluding hydrogens is 271 g/mol. The Balaban J connectivity index is 1.86. The third kappa shape index (κ3) is 2.95. The number of ether oxygens (including phenoxy) is 1. The van der Waals surface area contributed by atoms with Gasteiger partial charge in [0.05, 0.1) is 23.3 Å². The van der Waals surface area contributed by atoms with E-state index in [2.05, 4.69) is 0 Å². The van der Waals surface area contributed by atoms with E-state index in [9.17, 15) is 0 Å². The van der Waals surface area contributed by atoms with E-state index in [4.69, 9.17) is 27.9 Å². The molecule has 0 fully saturated rings. The van der Waals surface area contributed by atoms with Gasteiger partial charge >= 0.3 is 0 Å². The molecule has 0 unspecified atom stereocenters. The quantitative estimate of drug-likeness (QED) is 0.778. The SMILES string of the molecule is Clc1ccsc1COCc1sccc1Cl. The Bertz CT molecular complexity index is 396. The third-order valence-electron chi connectivity index (χ3n) is 1.85. The molecule has 0 aliphatic rings. The summed E-state index contributed by atoms with van der Waals surface area (Å²) < 4.78 is 5.54. The van der Waals surface area contributed by atoms with Gasteiger partial charge in [-0.15, -0.1) is 22.7 Å². The fourth-order valence-corrected chi connectivity index (χ4v) is 3.15. The smallest absolute Gasteiger partial charge is 0.0829 e. The van der Waals surface area contributed by atoms with Crippen LogP contribution in [0.4, 0.5) is 0 Å². The van der Waals surface area contributed by atoms with Crippen molar-refractivity contribution in [3.05, 3.63) is 42.7 Å². The van der Waals surface area contributed by atoms with Gasteiger partial charge in [-0.05, 0) is 22.9 Å². The van der Waals surface area contributed by atoms with Gasteiger partial charge in [-0.2, -0.15) is 0 Å². The maximum Gasteiger partial charge on any atom is 0.0829 e. The monoisotopic (exact) mass is 278 g/mol. The molecule has 0 aliphatic heterocycles. The molecule has 0 N–H and O–H groups in total. The summed E-state index contributed by atoms with van der Waals surface area (Å²) in [6, 6.07) is 3.76. The lowest BCUT2D eigenvalue weighted by atomic mass is 10.5. The summed E-state index contributed by atoms with van der Waals surface area (Å²) in [7, 11) is 0. The van der Waals surface area contributed by atoms with E-state index < -0.39 is 0 Å². The molecule has 0 saturated carbocycles. The first-order valence-electron chi connectivity index (χ1n) is 4.29. The van der Waals surface area contributed by atoms with E-state index >= 15 is 0 Å². The fraction of sp³-hybridized carbons (Fsp3) is 0.200. The second-order valence-corrected chi connectivity index (χ2v) is 5.69. The van der Waals surface area contributed by atoms with Crippen molar-refractivity contribution in [3.8, 4) is 0 Å². The molecule has 0 aliphatic carbocycles. The number of hydrogen-bond acceptors (Lipinski definition) is 3. The highest BCUT2D eigenvalue weighted by Gasteiger charge is 2.04. The third-order valence-corrected chi connectivity index (χ3v) is 4.57. The van der Waals surface area contributed by atoms with Crippen molar-refractivity contribution in [2.24, 2.45) is 0 Å². The van der Waals surface area contributed by atoms with Crippen LogP contribution < -0.4 is 0 Å². The van der Waals surface area contributed by atoms with E-state index in [0.717, 1.165) is 19.8 Å². The summed E-state index contributed by atoms with van der Waals surface area (Å²) in [6.07, 6.45) is 0. The van der Waals surface area contributed by atoms with Crippen molar-refractivity contribution in [1.82, 2.24) is 0 Å². The van der Waals surface area contributed by atoms with Crippen LogP contribution in [0.15, 0.2) is 22.9 Å². The largest absolute Gasteiger partial charge is 0.370 e. The summed E-state index contributed by atoms with van der Waals surface area (Å²) in [4.78, 5) is 2.12. The van der Waals surface area contributed by atoms with Crippen LogP contribution in [0.2, 0.25) is 10.0 Å². The summed E-state index contributed by atoms with van der Waals surface area (Å²) in [5.41, 5.74) is 0. The molecule has 15 heavy (non-hydrogen) atoms. The summed E-state index contributed by atoms with van der Waals surface area (Å²) in [5, 5.41) is 5.47. The first-order valence-corrected chi connectivity index (χ1v) is 6.80. The molecular formula is C10H8Cl2OS2. The normalized spacial score (nSPS) is 10.8. The Labute approximate surface area is 106 Å². The molecule has 2 rings (SSSR count). The average molecular weight is 279 g/mol. The van der Waals surface area contributed by atoms with Gasteiger partial charge in [-0.1, -0.05) is 23.2 Å². The van der Waals surface area contributed by atoms with Crippen LogP contribution in [0.25, 0.3) is 0 Å². The standard InChI is InChI=1S/C10H8Cl2OS2/c11-7-1-3-14-9(7)5-13-6-10-8(12)2-4-15-10/h1-4H,5-6H2. The van der Waals surface area contributed by atoms with Crippen LogP contribution in [-0.4, -0.2) is 0 Å². The second-order valence-electron chi connectivity index (χ2n) is 2.88. The lowest BCUT2D eigenvalue weighted by molar-refractivity contribution is 0.111. The van der Waals surface area contributed by atoms with Crippen LogP contribution in [0.5, 0.6) is 0 Å². The van der Waals surface area contributed by atoms with E-state index in [1.165, 1.54) is 0 Å². The van der Waals surface area contributed by atoms with E-state index in [1.54, 1.807) is 22.7 Å². The van der Waals surface area contributed by atoms with Crippen LogP contribution in [0.3, 0.4) is 0 Å². The number of thiophene rings is 2. The molecule has 0 spiro atoms. The summed E-state index contributed by atoms with van der Waals surface area (Å²) in [5.74, 6) is 0. The van der Waals surface area contributed by atoms with Crippen LogP contribution >= 0.6 is 45.9 Å². The van der Waals surface area contributed by atoms with Crippen LogP contribution in [-0.2, 0) is 18.0 Å². The van der Waals surface area contributed by atoms with Crippen molar-refractivity contribution in [2.45, 2.75) is 13.2 Å². The highest BCUT2D eigenvalue weighted by molar-refractivity contribution is 7.10. The zero-order valence-electron chi connectivity index (χ0n) is 7.70. The predicted molar refractivity (Wildman–Crippen MR) is 67.2 cm³/mol. The molecule has 0 atom stereocenters. The molecule has 0 aromatic carbocycles. The molecule has 5 heteroatoms. The van der Waals surface area contributed by atoms with Crippen LogP contribution in [0.1, 0.15) is 9.75 Å². The average Bonchev–Trinajstić information content (AvgIpc) is 2.78. The first kappa shape index (κ1) is 11.4. The lowest BCUT2D eigenvalue weighted by Crippen LogP contribution is -1.90. The van der Waals surface area contributed by atoms with Gasteiger partial charge in [-0.25, -0.2) is 0 Å². The van der Waals surface area contributed by atoms with Crippen molar-refractivity contribution in [3.63, 3.8) is 0 Å². The second kappa shape index (κ2) is 5.32. The minimum absolute atomic E-state index is 0.546.